The van der Waals surface area contributed by atoms with Gasteiger partial charge in [-0.05, 0) is 18.1 Å². The van der Waals surface area contributed by atoms with Crippen molar-refractivity contribution in [2.45, 2.75) is 26.8 Å². The summed E-state index contributed by atoms with van der Waals surface area (Å²) in [5, 5.41) is 0. The molecule has 2 rings (SSSR count). The number of carbonyl (C=O) groups is 1. The number of carbonyl (C=O) groups excluding carboxylic acids is 1. The normalized spacial score (nSPS) is 16.7. The number of nitrogens with zero attached hydrogens (tertiary/aromatic N) is 3. The quantitative estimate of drug-likeness (QED) is 0.855. The monoisotopic (exact) mass is 303 g/mol. The van der Waals surface area contributed by atoms with E-state index in [1.807, 2.05) is 18.7 Å². The van der Waals surface area contributed by atoms with Gasteiger partial charge in [0.05, 0.1) is 0 Å². The lowest BCUT2D eigenvalue weighted by Gasteiger charge is -2.25. The summed E-state index contributed by atoms with van der Waals surface area (Å²) < 4.78 is 0. The topological polar surface area (TPSA) is 26.8 Å². The number of hydrogen-bond donors (Lipinski definition) is 0. The molecular formula is C18H29N3O. The van der Waals surface area contributed by atoms with Gasteiger partial charge in [-0.15, -0.1) is 0 Å². The van der Waals surface area contributed by atoms with Gasteiger partial charge < -0.3 is 9.80 Å². The number of hydrogen-bond acceptors (Lipinski definition) is 3. The first kappa shape index (κ1) is 16.8. The zero-order valence-electron chi connectivity index (χ0n) is 14.4. The summed E-state index contributed by atoms with van der Waals surface area (Å²) in [6, 6.07) is 8.57. The minimum atomic E-state index is 0.0982. The van der Waals surface area contributed by atoms with Crippen LogP contribution in [0.4, 0.5) is 5.69 Å². The molecule has 1 heterocycles. The third-order valence-electron chi connectivity index (χ3n) is 4.26. The molecule has 0 saturated carbocycles. The minimum absolute atomic E-state index is 0.0982. The summed E-state index contributed by atoms with van der Waals surface area (Å²) >= 11 is 0. The van der Waals surface area contributed by atoms with Crippen LogP contribution in [0.3, 0.4) is 0 Å². The van der Waals surface area contributed by atoms with Gasteiger partial charge in [-0.2, -0.15) is 0 Å². The van der Waals surface area contributed by atoms with E-state index in [2.05, 4.69) is 48.2 Å². The summed E-state index contributed by atoms with van der Waals surface area (Å²) in [7, 11) is 4.18. The van der Waals surface area contributed by atoms with Crippen LogP contribution in [-0.2, 0) is 11.3 Å². The summed E-state index contributed by atoms with van der Waals surface area (Å²) in [6.07, 6.45) is 1.06. The van der Waals surface area contributed by atoms with Crippen LogP contribution in [0.5, 0.6) is 0 Å². The second kappa shape index (κ2) is 7.63. The van der Waals surface area contributed by atoms with Gasteiger partial charge in [0.15, 0.2) is 0 Å². The lowest BCUT2D eigenvalue weighted by atomic mass is 10.1. The van der Waals surface area contributed by atoms with E-state index >= 15 is 0 Å². The Labute approximate surface area is 134 Å². The van der Waals surface area contributed by atoms with Crippen molar-refractivity contribution in [3.8, 4) is 0 Å². The van der Waals surface area contributed by atoms with Gasteiger partial charge in [-0.3, -0.25) is 9.69 Å². The minimum Gasteiger partial charge on any atom is -0.377 e. The van der Waals surface area contributed by atoms with Gasteiger partial charge in [0, 0.05) is 58.4 Å². The molecule has 0 aromatic heterocycles. The zero-order chi connectivity index (χ0) is 16.1. The van der Waals surface area contributed by atoms with Gasteiger partial charge in [0.1, 0.15) is 0 Å². The van der Waals surface area contributed by atoms with E-state index in [-0.39, 0.29) is 11.8 Å². The predicted molar refractivity (Wildman–Crippen MR) is 92.1 cm³/mol. The van der Waals surface area contributed by atoms with Crippen LogP contribution in [0.2, 0.25) is 0 Å². The first-order valence-electron chi connectivity index (χ1n) is 8.25. The standard InChI is InChI=1S/C18H29N3O/c1-15(2)18(22)21-11-7-10-20(12-13-21)14-16-8-5-6-9-17(16)19(3)4/h5-6,8-9,15H,7,10-14H2,1-4H3. The van der Waals surface area contributed by atoms with Crippen molar-refractivity contribution in [3.05, 3.63) is 29.8 Å². The van der Waals surface area contributed by atoms with Crippen LogP contribution in [0, 0.1) is 5.92 Å². The molecule has 0 aliphatic carbocycles. The fraction of sp³-hybridized carbons (Fsp3) is 0.611. The first-order valence-corrected chi connectivity index (χ1v) is 8.25. The Kier molecular flexibility index (Phi) is 5.83. The third kappa shape index (κ3) is 4.23. The maximum Gasteiger partial charge on any atom is 0.225 e. The van der Waals surface area contributed by atoms with Crippen LogP contribution >= 0.6 is 0 Å². The van der Waals surface area contributed by atoms with Crippen molar-refractivity contribution in [1.82, 2.24) is 9.80 Å². The molecule has 1 fully saturated rings. The lowest BCUT2D eigenvalue weighted by molar-refractivity contribution is -0.134. The van der Waals surface area contributed by atoms with Crippen molar-refractivity contribution in [1.29, 1.82) is 0 Å². The Hall–Kier alpha value is -1.55. The van der Waals surface area contributed by atoms with Crippen LogP contribution < -0.4 is 4.90 Å². The van der Waals surface area contributed by atoms with E-state index in [1.54, 1.807) is 0 Å². The van der Waals surface area contributed by atoms with Crippen molar-refractivity contribution in [3.63, 3.8) is 0 Å². The summed E-state index contributed by atoms with van der Waals surface area (Å²) in [6.45, 7) is 8.68. The third-order valence-corrected chi connectivity index (χ3v) is 4.26. The van der Waals surface area contributed by atoms with Crippen LogP contribution in [0.1, 0.15) is 25.8 Å². The molecule has 0 unspecified atom stereocenters. The molecule has 1 aliphatic rings. The van der Waals surface area contributed by atoms with Crippen molar-refractivity contribution < 1.29 is 4.79 Å². The molecule has 1 aliphatic heterocycles. The maximum atomic E-state index is 12.2. The van der Waals surface area contributed by atoms with Crippen LogP contribution in [-0.4, -0.2) is 56.0 Å². The number of rotatable bonds is 4. The van der Waals surface area contributed by atoms with Gasteiger partial charge in [0.25, 0.3) is 0 Å². The smallest absolute Gasteiger partial charge is 0.225 e. The zero-order valence-corrected chi connectivity index (χ0v) is 14.4. The number of amides is 1. The molecule has 122 valence electrons. The summed E-state index contributed by atoms with van der Waals surface area (Å²) in [5.74, 6) is 0.386. The second-order valence-corrected chi connectivity index (χ2v) is 6.63. The van der Waals surface area contributed by atoms with E-state index in [0.717, 1.165) is 39.1 Å². The first-order chi connectivity index (χ1) is 10.5. The average Bonchev–Trinajstić information content (AvgIpc) is 2.72. The summed E-state index contributed by atoms with van der Waals surface area (Å²) in [4.78, 5) is 18.8. The molecule has 1 saturated heterocycles. The average molecular weight is 303 g/mol. The van der Waals surface area contributed by atoms with Crippen LogP contribution in [0.25, 0.3) is 0 Å². The van der Waals surface area contributed by atoms with Crippen LogP contribution in [0.15, 0.2) is 24.3 Å². The molecule has 0 bridgehead atoms. The lowest BCUT2D eigenvalue weighted by Crippen LogP contribution is -2.37. The fourth-order valence-corrected chi connectivity index (χ4v) is 3.04. The molecule has 4 nitrogen and oxygen atoms in total. The Morgan fingerprint density at radius 2 is 1.86 bits per heavy atom. The highest BCUT2D eigenvalue weighted by atomic mass is 16.2. The van der Waals surface area contributed by atoms with Gasteiger partial charge >= 0.3 is 0 Å². The van der Waals surface area contributed by atoms with E-state index in [4.69, 9.17) is 0 Å². The molecule has 1 aromatic carbocycles. The largest absolute Gasteiger partial charge is 0.377 e. The Balaban J connectivity index is 1.99. The molecule has 0 radical (unpaired) electrons. The molecule has 0 N–H and O–H groups in total. The molecule has 1 amide bonds. The van der Waals surface area contributed by atoms with Crippen molar-refractivity contribution >= 4 is 11.6 Å². The van der Waals surface area contributed by atoms with E-state index in [1.165, 1.54) is 11.3 Å². The molecule has 0 atom stereocenters. The fourth-order valence-electron chi connectivity index (χ4n) is 3.04. The van der Waals surface area contributed by atoms with E-state index in [9.17, 15) is 4.79 Å². The SMILES string of the molecule is CC(C)C(=O)N1CCCN(Cc2ccccc2N(C)C)CC1. The van der Waals surface area contributed by atoms with Gasteiger partial charge in [0.2, 0.25) is 5.91 Å². The highest BCUT2D eigenvalue weighted by Crippen LogP contribution is 2.20. The highest BCUT2D eigenvalue weighted by molar-refractivity contribution is 5.78. The van der Waals surface area contributed by atoms with Crippen molar-refractivity contribution in [2.75, 3.05) is 45.2 Å². The number of anilines is 1. The highest BCUT2D eigenvalue weighted by Gasteiger charge is 2.21. The molecule has 22 heavy (non-hydrogen) atoms. The maximum absolute atomic E-state index is 12.2. The summed E-state index contributed by atoms with van der Waals surface area (Å²) in [5.41, 5.74) is 2.64. The molecule has 0 spiro atoms. The number of para-hydroxylation sites is 1. The second-order valence-electron chi connectivity index (χ2n) is 6.63. The van der Waals surface area contributed by atoms with E-state index in [0.29, 0.717) is 0 Å². The Bertz CT molecular complexity index is 499. The van der Waals surface area contributed by atoms with Gasteiger partial charge in [-0.25, -0.2) is 0 Å². The van der Waals surface area contributed by atoms with Crippen molar-refractivity contribution in [2.24, 2.45) is 5.92 Å². The molecule has 4 heteroatoms. The van der Waals surface area contributed by atoms with E-state index < -0.39 is 0 Å². The Morgan fingerprint density at radius 3 is 2.55 bits per heavy atom. The number of benzene rings is 1. The predicted octanol–water partition coefficient (Wildman–Crippen LogP) is 2.44. The molecule has 1 aromatic rings. The Morgan fingerprint density at radius 1 is 1.14 bits per heavy atom. The van der Waals surface area contributed by atoms with Gasteiger partial charge in [-0.1, -0.05) is 32.0 Å². The molecular weight excluding hydrogens is 274 g/mol.